The first kappa shape index (κ1) is 14.8. The quantitative estimate of drug-likeness (QED) is 0.940. The van der Waals surface area contributed by atoms with E-state index in [9.17, 15) is 8.42 Å². The normalized spacial score (nSPS) is 14.5. The minimum atomic E-state index is -3.28. The van der Waals surface area contributed by atoms with E-state index < -0.39 is 10.0 Å². The van der Waals surface area contributed by atoms with Gasteiger partial charge in [-0.3, -0.25) is 4.72 Å². The highest BCUT2D eigenvalue weighted by Crippen LogP contribution is 2.24. The van der Waals surface area contributed by atoms with Crippen LogP contribution in [-0.2, 0) is 23.0 Å². The van der Waals surface area contributed by atoms with E-state index in [1.54, 1.807) is 19.2 Å². The molecule has 22 heavy (non-hydrogen) atoms. The minimum Gasteiger partial charge on any atom is -0.366 e. The van der Waals surface area contributed by atoms with Crippen LogP contribution in [0.15, 0.2) is 42.6 Å². The predicted molar refractivity (Wildman–Crippen MR) is 88.5 cm³/mol. The lowest BCUT2D eigenvalue weighted by Gasteiger charge is -2.30. The van der Waals surface area contributed by atoms with E-state index in [-0.39, 0.29) is 5.75 Å². The van der Waals surface area contributed by atoms with Gasteiger partial charge in [0.05, 0.1) is 17.6 Å². The number of hydrogen-bond acceptors (Lipinski definition) is 4. The number of hydrogen-bond donors (Lipinski definition) is 1. The smallest absolute Gasteiger partial charge is 0.233 e. The van der Waals surface area contributed by atoms with Crippen molar-refractivity contribution in [2.45, 2.75) is 19.9 Å². The van der Waals surface area contributed by atoms with Crippen molar-refractivity contribution in [2.24, 2.45) is 0 Å². The van der Waals surface area contributed by atoms with Gasteiger partial charge < -0.3 is 4.90 Å². The van der Waals surface area contributed by atoms with Gasteiger partial charge in [-0.25, -0.2) is 13.4 Å². The Morgan fingerprint density at radius 1 is 1.18 bits per heavy atom. The third-order valence-electron chi connectivity index (χ3n) is 3.88. The van der Waals surface area contributed by atoms with Gasteiger partial charge in [0, 0.05) is 13.1 Å². The molecule has 1 aromatic carbocycles. The fourth-order valence-electron chi connectivity index (χ4n) is 2.58. The zero-order valence-electron chi connectivity index (χ0n) is 12.5. The van der Waals surface area contributed by atoms with Crippen LogP contribution in [0.2, 0.25) is 0 Å². The van der Waals surface area contributed by atoms with Gasteiger partial charge in [0.25, 0.3) is 0 Å². The molecule has 0 atom stereocenters. The topological polar surface area (TPSA) is 62.3 Å². The fraction of sp³-hybridized carbons (Fsp3) is 0.312. The van der Waals surface area contributed by atoms with Gasteiger partial charge in [0.1, 0.15) is 5.82 Å². The standard InChI is InChI=1S/C16H19N3O2S/c1-2-22(20,21)18-16-8-7-15(11-17-16)19-10-9-13-5-3-4-6-14(13)12-19/h3-8,11H,2,9-10,12H2,1H3,(H,17,18). The van der Waals surface area contributed by atoms with Crippen molar-refractivity contribution in [3.05, 3.63) is 53.7 Å². The molecule has 0 spiro atoms. The molecule has 2 heterocycles. The summed E-state index contributed by atoms with van der Waals surface area (Å²) in [7, 11) is -3.28. The molecular formula is C16H19N3O2S. The monoisotopic (exact) mass is 317 g/mol. The average Bonchev–Trinajstić information content (AvgIpc) is 2.55. The van der Waals surface area contributed by atoms with Crippen LogP contribution in [0.5, 0.6) is 0 Å². The number of pyridine rings is 1. The van der Waals surface area contributed by atoms with E-state index in [0.29, 0.717) is 5.82 Å². The lowest BCUT2D eigenvalue weighted by molar-refractivity contribution is 0.602. The van der Waals surface area contributed by atoms with Crippen molar-refractivity contribution in [3.63, 3.8) is 0 Å². The summed E-state index contributed by atoms with van der Waals surface area (Å²) < 4.78 is 25.5. The second kappa shape index (κ2) is 5.96. The molecule has 0 fully saturated rings. The molecule has 6 heteroatoms. The minimum absolute atomic E-state index is 0.0410. The van der Waals surface area contributed by atoms with Crippen molar-refractivity contribution in [1.29, 1.82) is 0 Å². The summed E-state index contributed by atoms with van der Waals surface area (Å²) in [5, 5.41) is 0. The number of anilines is 2. The Kier molecular flexibility index (Phi) is 4.02. The molecule has 0 unspecified atom stereocenters. The van der Waals surface area contributed by atoms with Crippen LogP contribution in [0, 0.1) is 0 Å². The van der Waals surface area contributed by atoms with Gasteiger partial charge in [-0.05, 0) is 36.6 Å². The summed E-state index contributed by atoms with van der Waals surface area (Å²) in [5.74, 6) is 0.405. The summed E-state index contributed by atoms with van der Waals surface area (Å²) in [6.07, 6.45) is 2.74. The van der Waals surface area contributed by atoms with Crippen molar-refractivity contribution in [3.8, 4) is 0 Å². The zero-order chi connectivity index (χ0) is 15.6. The molecule has 0 saturated carbocycles. The first-order valence-electron chi connectivity index (χ1n) is 7.35. The van der Waals surface area contributed by atoms with Gasteiger partial charge in [-0.1, -0.05) is 24.3 Å². The first-order valence-corrected chi connectivity index (χ1v) is 9.01. The van der Waals surface area contributed by atoms with E-state index >= 15 is 0 Å². The number of nitrogens with zero attached hydrogens (tertiary/aromatic N) is 2. The number of nitrogens with one attached hydrogen (secondary N) is 1. The maximum atomic E-state index is 11.5. The van der Waals surface area contributed by atoms with E-state index in [0.717, 1.165) is 25.2 Å². The molecule has 0 radical (unpaired) electrons. The zero-order valence-corrected chi connectivity index (χ0v) is 13.3. The molecule has 1 aliphatic heterocycles. The Bertz CT molecular complexity index is 757. The molecule has 2 aromatic rings. The Labute approximate surface area is 131 Å². The number of benzene rings is 1. The molecule has 0 saturated heterocycles. The summed E-state index contributed by atoms with van der Waals surface area (Å²) in [4.78, 5) is 6.47. The van der Waals surface area contributed by atoms with Crippen molar-refractivity contribution >= 4 is 21.5 Å². The van der Waals surface area contributed by atoms with E-state index in [4.69, 9.17) is 0 Å². The van der Waals surface area contributed by atoms with Gasteiger partial charge in [-0.2, -0.15) is 0 Å². The van der Waals surface area contributed by atoms with E-state index in [2.05, 4.69) is 38.9 Å². The molecule has 3 rings (SSSR count). The van der Waals surface area contributed by atoms with Crippen LogP contribution in [0.25, 0.3) is 0 Å². The van der Waals surface area contributed by atoms with Crippen LogP contribution >= 0.6 is 0 Å². The molecule has 1 N–H and O–H groups in total. The first-order chi connectivity index (χ1) is 10.6. The van der Waals surface area contributed by atoms with E-state index in [1.807, 2.05) is 6.07 Å². The highest BCUT2D eigenvalue weighted by atomic mass is 32.2. The molecule has 116 valence electrons. The van der Waals surface area contributed by atoms with Crippen LogP contribution in [0.3, 0.4) is 0 Å². The number of rotatable bonds is 4. The SMILES string of the molecule is CCS(=O)(=O)Nc1ccc(N2CCc3ccccc3C2)cn1. The number of fused-ring (bicyclic) bond motifs is 1. The van der Waals surface area contributed by atoms with Crippen molar-refractivity contribution in [1.82, 2.24) is 4.98 Å². The molecule has 1 aliphatic rings. The summed E-state index contributed by atoms with van der Waals surface area (Å²) in [6.45, 7) is 3.40. The van der Waals surface area contributed by atoms with Gasteiger partial charge in [0.2, 0.25) is 10.0 Å². The van der Waals surface area contributed by atoms with E-state index in [1.165, 1.54) is 11.1 Å². The highest BCUT2D eigenvalue weighted by molar-refractivity contribution is 7.92. The lowest BCUT2D eigenvalue weighted by atomic mass is 10.00. The third kappa shape index (κ3) is 3.22. The van der Waals surface area contributed by atoms with Crippen LogP contribution in [0.1, 0.15) is 18.1 Å². The van der Waals surface area contributed by atoms with Crippen LogP contribution < -0.4 is 9.62 Å². The molecular weight excluding hydrogens is 298 g/mol. The Morgan fingerprint density at radius 3 is 2.64 bits per heavy atom. The van der Waals surface area contributed by atoms with Crippen LogP contribution in [0.4, 0.5) is 11.5 Å². The molecule has 0 amide bonds. The largest absolute Gasteiger partial charge is 0.366 e. The number of sulfonamides is 1. The van der Waals surface area contributed by atoms with Crippen LogP contribution in [-0.4, -0.2) is 25.7 Å². The van der Waals surface area contributed by atoms with Gasteiger partial charge in [0.15, 0.2) is 0 Å². The summed E-state index contributed by atoms with van der Waals surface area (Å²) in [5.41, 5.74) is 3.75. The highest BCUT2D eigenvalue weighted by Gasteiger charge is 2.16. The third-order valence-corrected chi connectivity index (χ3v) is 5.16. The summed E-state index contributed by atoms with van der Waals surface area (Å²) >= 11 is 0. The molecule has 0 bridgehead atoms. The Morgan fingerprint density at radius 2 is 1.95 bits per heavy atom. The lowest BCUT2D eigenvalue weighted by Crippen LogP contribution is -2.30. The average molecular weight is 317 g/mol. The molecule has 1 aromatic heterocycles. The second-order valence-corrected chi connectivity index (χ2v) is 7.36. The van der Waals surface area contributed by atoms with Gasteiger partial charge >= 0.3 is 0 Å². The maximum absolute atomic E-state index is 11.5. The number of aromatic nitrogens is 1. The summed E-state index contributed by atoms with van der Waals surface area (Å²) in [6, 6.07) is 12.1. The fourth-order valence-corrected chi connectivity index (χ4v) is 3.16. The van der Waals surface area contributed by atoms with Gasteiger partial charge in [-0.15, -0.1) is 0 Å². The van der Waals surface area contributed by atoms with Crippen molar-refractivity contribution in [2.75, 3.05) is 21.9 Å². The van der Waals surface area contributed by atoms with Crippen molar-refractivity contribution < 1.29 is 8.42 Å². The molecule has 0 aliphatic carbocycles. The Hall–Kier alpha value is -2.08. The predicted octanol–water partition coefficient (Wildman–Crippen LogP) is 2.41. The molecule has 5 nitrogen and oxygen atoms in total. The maximum Gasteiger partial charge on any atom is 0.233 e. The second-order valence-electron chi connectivity index (χ2n) is 5.35. The Balaban J connectivity index is 1.74.